The summed E-state index contributed by atoms with van der Waals surface area (Å²) in [6.45, 7) is 0. The van der Waals surface area contributed by atoms with Crippen LogP contribution < -0.4 is 5.32 Å². The van der Waals surface area contributed by atoms with Gasteiger partial charge in [-0.25, -0.2) is 4.39 Å². The third-order valence-electron chi connectivity index (χ3n) is 1.65. The maximum absolute atomic E-state index is 13.3. The Hall–Kier alpha value is -1.56. The number of anilines is 1. The minimum Gasteiger partial charge on any atom is -0.356 e. The van der Waals surface area contributed by atoms with Crippen LogP contribution in [0, 0.1) is 28.5 Å². The zero-order chi connectivity index (χ0) is 12.1. The predicted octanol–water partition coefficient (Wildman–Crippen LogP) is 3.58. The summed E-state index contributed by atoms with van der Waals surface area (Å²) in [5, 5.41) is 19.6. The van der Waals surface area contributed by atoms with Gasteiger partial charge in [-0.05, 0) is 28.1 Å². The Labute approximate surface area is 105 Å². The molecule has 0 atom stereocenters. The third-order valence-corrected chi connectivity index (χ3v) is 2.93. The summed E-state index contributed by atoms with van der Waals surface area (Å²) in [7, 11) is 0. The summed E-state index contributed by atoms with van der Waals surface area (Å²) in [4.78, 5) is 0. The van der Waals surface area contributed by atoms with Crippen molar-refractivity contribution in [2.24, 2.45) is 0 Å². The van der Waals surface area contributed by atoms with Crippen LogP contribution in [-0.2, 0) is 0 Å². The second kappa shape index (κ2) is 5.50. The Morgan fingerprint density at radius 3 is 2.62 bits per heavy atom. The zero-order valence-electron chi connectivity index (χ0n) is 7.76. The van der Waals surface area contributed by atoms with Crippen molar-refractivity contribution >= 4 is 33.2 Å². The Bertz CT molecular complexity index is 512. The van der Waals surface area contributed by atoms with Crippen molar-refractivity contribution < 1.29 is 4.39 Å². The van der Waals surface area contributed by atoms with E-state index in [2.05, 4.69) is 21.2 Å². The molecule has 1 aromatic rings. The first-order valence-corrected chi connectivity index (χ1v) is 5.17. The normalized spacial score (nSPS) is 8.81. The molecule has 3 nitrogen and oxygen atoms in total. The summed E-state index contributed by atoms with van der Waals surface area (Å²) in [6.07, 6.45) is 1.09. The van der Waals surface area contributed by atoms with E-state index in [4.69, 9.17) is 22.1 Å². The Kier molecular flexibility index (Phi) is 4.30. The first-order chi connectivity index (χ1) is 7.60. The molecule has 6 heteroatoms. The quantitative estimate of drug-likeness (QED) is 0.671. The van der Waals surface area contributed by atoms with Crippen molar-refractivity contribution in [3.63, 3.8) is 0 Å². The molecular formula is C10H4BrClFN3. The number of rotatable bonds is 2. The van der Waals surface area contributed by atoms with E-state index >= 15 is 0 Å². The fraction of sp³-hybridized carbons (Fsp3) is 0. The van der Waals surface area contributed by atoms with E-state index in [1.165, 1.54) is 12.1 Å². The average Bonchev–Trinajstić information content (AvgIpc) is 2.29. The van der Waals surface area contributed by atoms with Gasteiger partial charge in [-0.15, -0.1) is 0 Å². The van der Waals surface area contributed by atoms with Crippen molar-refractivity contribution in [2.45, 2.75) is 0 Å². The van der Waals surface area contributed by atoms with Gasteiger partial charge >= 0.3 is 0 Å². The summed E-state index contributed by atoms with van der Waals surface area (Å²) in [5.74, 6) is -0.570. The summed E-state index contributed by atoms with van der Waals surface area (Å²) in [5.41, 5.74) is -0.158. The molecule has 1 rings (SSSR count). The molecule has 1 aromatic carbocycles. The molecule has 0 aliphatic carbocycles. The van der Waals surface area contributed by atoms with Gasteiger partial charge in [0.25, 0.3) is 0 Å². The van der Waals surface area contributed by atoms with E-state index in [1.807, 2.05) is 0 Å². The maximum atomic E-state index is 13.3. The standard InChI is InChI=1S/C10H4BrClFN3/c11-7-1-2-8(13)10(9(7)12)16-5-6(3-14)4-15/h1-2,5,16H. The van der Waals surface area contributed by atoms with Crippen LogP contribution in [0.1, 0.15) is 0 Å². The zero-order valence-corrected chi connectivity index (χ0v) is 10.1. The van der Waals surface area contributed by atoms with Crippen LogP contribution >= 0.6 is 27.5 Å². The van der Waals surface area contributed by atoms with Crippen LogP contribution in [0.2, 0.25) is 5.02 Å². The molecule has 0 fully saturated rings. The van der Waals surface area contributed by atoms with Crippen molar-refractivity contribution in [3.05, 3.63) is 39.2 Å². The number of nitrogens with one attached hydrogen (secondary N) is 1. The van der Waals surface area contributed by atoms with E-state index in [1.54, 1.807) is 12.1 Å². The highest BCUT2D eigenvalue weighted by Crippen LogP contribution is 2.32. The minimum atomic E-state index is -0.570. The number of allylic oxidation sites excluding steroid dienone is 1. The monoisotopic (exact) mass is 299 g/mol. The molecule has 0 aromatic heterocycles. The molecule has 0 radical (unpaired) electrons. The number of halogens is 3. The molecule has 80 valence electrons. The lowest BCUT2D eigenvalue weighted by Crippen LogP contribution is -1.95. The number of nitrogens with zero attached hydrogens (tertiary/aromatic N) is 2. The fourth-order valence-corrected chi connectivity index (χ4v) is 1.43. The lowest BCUT2D eigenvalue weighted by Gasteiger charge is -2.06. The van der Waals surface area contributed by atoms with Gasteiger partial charge in [-0.3, -0.25) is 0 Å². The lowest BCUT2D eigenvalue weighted by atomic mass is 10.3. The topological polar surface area (TPSA) is 59.6 Å². The molecular weight excluding hydrogens is 296 g/mol. The van der Waals surface area contributed by atoms with Gasteiger partial charge in [0.2, 0.25) is 0 Å². The number of benzene rings is 1. The molecule has 1 N–H and O–H groups in total. The molecule has 0 amide bonds. The largest absolute Gasteiger partial charge is 0.356 e. The van der Waals surface area contributed by atoms with Crippen LogP contribution in [0.25, 0.3) is 0 Å². The molecule has 0 aliphatic rings. The van der Waals surface area contributed by atoms with Crippen molar-refractivity contribution in [1.29, 1.82) is 10.5 Å². The maximum Gasteiger partial charge on any atom is 0.148 e. The van der Waals surface area contributed by atoms with Gasteiger partial charge in [0.1, 0.15) is 23.5 Å². The highest BCUT2D eigenvalue weighted by molar-refractivity contribution is 9.10. The molecule has 0 saturated carbocycles. The van der Waals surface area contributed by atoms with Crippen molar-refractivity contribution in [3.8, 4) is 12.1 Å². The van der Waals surface area contributed by atoms with Crippen LogP contribution in [0.15, 0.2) is 28.4 Å². The van der Waals surface area contributed by atoms with E-state index in [-0.39, 0.29) is 16.3 Å². The Morgan fingerprint density at radius 2 is 2.06 bits per heavy atom. The van der Waals surface area contributed by atoms with Gasteiger partial charge in [-0.1, -0.05) is 11.6 Å². The predicted molar refractivity (Wildman–Crippen MR) is 62.0 cm³/mol. The smallest absolute Gasteiger partial charge is 0.148 e. The SMILES string of the molecule is N#CC(C#N)=CNc1c(F)ccc(Br)c1Cl. The van der Waals surface area contributed by atoms with E-state index in [0.717, 1.165) is 6.20 Å². The van der Waals surface area contributed by atoms with E-state index in [0.29, 0.717) is 4.47 Å². The molecule has 0 spiro atoms. The van der Waals surface area contributed by atoms with E-state index in [9.17, 15) is 4.39 Å². The van der Waals surface area contributed by atoms with Crippen LogP contribution in [-0.4, -0.2) is 0 Å². The van der Waals surface area contributed by atoms with Crippen LogP contribution in [0.5, 0.6) is 0 Å². The Balaban J connectivity index is 3.09. The van der Waals surface area contributed by atoms with Crippen LogP contribution in [0.4, 0.5) is 10.1 Å². The molecule has 0 bridgehead atoms. The van der Waals surface area contributed by atoms with Gasteiger partial charge in [0, 0.05) is 10.7 Å². The molecule has 0 saturated heterocycles. The van der Waals surface area contributed by atoms with Gasteiger partial charge in [0.15, 0.2) is 0 Å². The van der Waals surface area contributed by atoms with Gasteiger partial charge in [0.05, 0.1) is 10.7 Å². The fourth-order valence-electron chi connectivity index (χ4n) is 0.893. The van der Waals surface area contributed by atoms with Gasteiger partial charge in [-0.2, -0.15) is 10.5 Å². The first kappa shape index (κ1) is 12.5. The average molecular weight is 301 g/mol. The molecule has 16 heavy (non-hydrogen) atoms. The summed E-state index contributed by atoms with van der Waals surface area (Å²) >= 11 is 8.96. The van der Waals surface area contributed by atoms with Gasteiger partial charge < -0.3 is 5.32 Å². The molecule has 0 unspecified atom stereocenters. The number of nitriles is 2. The Morgan fingerprint density at radius 1 is 1.44 bits per heavy atom. The summed E-state index contributed by atoms with van der Waals surface area (Å²) < 4.78 is 13.8. The molecule has 0 heterocycles. The van der Waals surface area contributed by atoms with Crippen molar-refractivity contribution in [2.75, 3.05) is 5.32 Å². The first-order valence-electron chi connectivity index (χ1n) is 4.00. The highest BCUT2D eigenvalue weighted by atomic mass is 79.9. The third kappa shape index (κ3) is 2.73. The second-order valence-corrected chi connectivity index (χ2v) is 3.88. The van der Waals surface area contributed by atoms with Crippen LogP contribution in [0.3, 0.4) is 0 Å². The second-order valence-electron chi connectivity index (χ2n) is 2.64. The summed E-state index contributed by atoms with van der Waals surface area (Å²) in [6, 6.07) is 5.94. The van der Waals surface area contributed by atoms with E-state index < -0.39 is 5.82 Å². The number of hydrogen-bond donors (Lipinski definition) is 1. The lowest BCUT2D eigenvalue weighted by molar-refractivity contribution is 0.631. The minimum absolute atomic E-state index is 0.0130. The number of hydrogen-bond acceptors (Lipinski definition) is 3. The van der Waals surface area contributed by atoms with Crippen molar-refractivity contribution in [1.82, 2.24) is 0 Å². The molecule has 0 aliphatic heterocycles. The highest BCUT2D eigenvalue weighted by Gasteiger charge is 2.09.